The Kier molecular flexibility index (Phi) is 4.54. The molecule has 0 saturated heterocycles. The van der Waals surface area contributed by atoms with E-state index in [0.29, 0.717) is 10.6 Å². The van der Waals surface area contributed by atoms with E-state index >= 15 is 0 Å². The number of hydrogen-bond acceptors (Lipinski definition) is 4. The number of amides is 1. The van der Waals surface area contributed by atoms with Crippen molar-refractivity contribution < 1.29 is 14.7 Å². The molecule has 0 aliphatic carbocycles. The Hall–Kier alpha value is -2.05. The van der Waals surface area contributed by atoms with Crippen molar-refractivity contribution in [2.24, 2.45) is 0 Å². The van der Waals surface area contributed by atoms with Crippen molar-refractivity contribution in [1.29, 1.82) is 0 Å². The van der Waals surface area contributed by atoms with E-state index in [1.165, 1.54) is 16.7 Å². The van der Waals surface area contributed by atoms with Gasteiger partial charge in [-0.15, -0.1) is 0 Å². The number of benzene rings is 2. The molecule has 3 rings (SSSR count). The van der Waals surface area contributed by atoms with Gasteiger partial charge in [0.2, 0.25) is 0 Å². The molecule has 0 spiro atoms. The van der Waals surface area contributed by atoms with Gasteiger partial charge in [-0.3, -0.25) is 4.79 Å². The first-order chi connectivity index (χ1) is 11.0. The molecule has 0 saturated carbocycles. The monoisotopic (exact) mass is 388 g/mol. The first-order valence-corrected chi connectivity index (χ1v) is 8.41. The number of para-hydroxylation sites is 1. The number of aliphatic carboxylic acids is 1. The number of halogens is 1. The van der Waals surface area contributed by atoms with Gasteiger partial charge in [0.15, 0.2) is 0 Å². The van der Waals surface area contributed by atoms with Gasteiger partial charge < -0.3 is 14.8 Å². The van der Waals surface area contributed by atoms with Crippen LogP contribution in [0.4, 0.5) is 5.69 Å². The van der Waals surface area contributed by atoms with Gasteiger partial charge in [0, 0.05) is 9.37 Å². The zero-order valence-electron chi connectivity index (χ0n) is 11.9. The average molecular weight is 389 g/mol. The highest BCUT2D eigenvalue weighted by Gasteiger charge is 2.28. The van der Waals surface area contributed by atoms with Crippen LogP contribution in [0.2, 0.25) is 0 Å². The third-order valence-electron chi connectivity index (χ3n) is 3.27. The zero-order valence-corrected chi connectivity index (χ0v) is 14.3. The van der Waals surface area contributed by atoms with E-state index in [9.17, 15) is 14.7 Å². The fraction of sp³-hybridized carbons (Fsp3) is 0.0588. The van der Waals surface area contributed by atoms with Crippen LogP contribution < -0.4 is 10.0 Å². The Bertz CT molecular complexity index is 819. The van der Waals surface area contributed by atoms with Crippen LogP contribution in [0.25, 0.3) is 6.08 Å². The standard InChI is InChI=1S/C17H12BrNO3S/c18-12-5-3-4-11(8-12)9-15-17(22)19(10-16(20)21)13-6-1-2-7-14(13)23-15/h1-9H,10H2,(H,20,21)/p-1. The molecule has 1 amide bonds. The van der Waals surface area contributed by atoms with Crippen LogP contribution in [0.5, 0.6) is 0 Å². The maximum absolute atomic E-state index is 12.6. The molecular weight excluding hydrogens is 378 g/mol. The largest absolute Gasteiger partial charge is 0.548 e. The van der Waals surface area contributed by atoms with Gasteiger partial charge in [-0.1, -0.05) is 52.0 Å². The lowest BCUT2D eigenvalue weighted by Gasteiger charge is -2.30. The predicted octanol–water partition coefficient (Wildman–Crippen LogP) is 2.68. The number of carbonyl (C=O) groups excluding carboxylic acids is 2. The fourth-order valence-corrected chi connectivity index (χ4v) is 3.77. The summed E-state index contributed by atoms with van der Waals surface area (Å²) in [5, 5.41) is 11.0. The van der Waals surface area contributed by atoms with E-state index < -0.39 is 12.5 Å². The van der Waals surface area contributed by atoms with Gasteiger partial charge in [0.25, 0.3) is 5.91 Å². The van der Waals surface area contributed by atoms with Crippen molar-refractivity contribution in [2.75, 3.05) is 11.4 Å². The zero-order chi connectivity index (χ0) is 16.4. The van der Waals surface area contributed by atoms with Crippen molar-refractivity contribution in [3.8, 4) is 0 Å². The minimum absolute atomic E-state index is 0.335. The molecule has 6 heteroatoms. The number of rotatable bonds is 3. The van der Waals surface area contributed by atoms with E-state index in [4.69, 9.17) is 0 Å². The number of anilines is 1. The van der Waals surface area contributed by atoms with Gasteiger partial charge in [-0.05, 0) is 35.9 Å². The molecule has 0 unspecified atom stereocenters. The second-order valence-electron chi connectivity index (χ2n) is 4.90. The van der Waals surface area contributed by atoms with Crippen molar-refractivity contribution in [3.05, 3.63) is 63.5 Å². The second-order valence-corrected chi connectivity index (χ2v) is 6.90. The van der Waals surface area contributed by atoms with Crippen LogP contribution in [-0.4, -0.2) is 18.4 Å². The third kappa shape index (κ3) is 3.48. The molecule has 0 aromatic heterocycles. The van der Waals surface area contributed by atoms with E-state index in [1.807, 2.05) is 36.4 Å². The van der Waals surface area contributed by atoms with E-state index in [1.54, 1.807) is 18.2 Å². The quantitative estimate of drug-likeness (QED) is 0.758. The van der Waals surface area contributed by atoms with Crippen LogP contribution in [0.3, 0.4) is 0 Å². The summed E-state index contributed by atoms with van der Waals surface area (Å²) in [6.45, 7) is -0.466. The van der Waals surface area contributed by atoms with E-state index in [-0.39, 0.29) is 5.91 Å². The Balaban J connectivity index is 2.04. The Morgan fingerprint density at radius 1 is 1.22 bits per heavy atom. The lowest BCUT2D eigenvalue weighted by atomic mass is 10.2. The molecule has 2 aromatic carbocycles. The van der Waals surface area contributed by atoms with Gasteiger partial charge >= 0.3 is 0 Å². The molecule has 1 heterocycles. The highest BCUT2D eigenvalue weighted by molar-refractivity contribution is 9.10. The first-order valence-electron chi connectivity index (χ1n) is 6.80. The van der Waals surface area contributed by atoms with Crippen molar-refractivity contribution in [3.63, 3.8) is 0 Å². The number of thioether (sulfide) groups is 1. The molecule has 0 fully saturated rings. The van der Waals surface area contributed by atoms with E-state index in [2.05, 4.69) is 15.9 Å². The number of carbonyl (C=O) groups is 2. The molecule has 23 heavy (non-hydrogen) atoms. The summed E-state index contributed by atoms with van der Waals surface area (Å²) in [6, 6.07) is 14.8. The van der Waals surface area contributed by atoms with Crippen molar-refractivity contribution >= 4 is 51.3 Å². The highest BCUT2D eigenvalue weighted by Crippen LogP contribution is 2.41. The number of nitrogens with zero attached hydrogens (tertiary/aromatic N) is 1. The lowest BCUT2D eigenvalue weighted by Crippen LogP contribution is -2.43. The lowest BCUT2D eigenvalue weighted by molar-refractivity contribution is -0.303. The Morgan fingerprint density at radius 2 is 2.00 bits per heavy atom. The summed E-state index contributed by atoms with van der Waals surface area (Å²) in [5.41, 5.74) is 1.46. The molecular formula is C17H11BrNO3S-. The molecule has 0 N–H and O–H groups in total. The predicted molar refractivity (Wildman–Crippen MR) is 91.8 cm³/mol. The van der Waals surface area contributed by atoms with Crippen LogP contribution in [-0.2, 0) is 9.59 Å². The summed E-state index contributed by atoms with van der Waals surface area (Å²) in [4.78, 5) is 26.2. The summed E-state index contributed by atoms with van der Waals surface area (Å²) in [7, 11) is 0. The normalized spacial score (nSPS) is 15.6. The molecule has 2 aromatic rings. The fourth-order valence-electron chi connectivity index (χ4n) is 2.30. The molecule has 1 aliphatic rings. The average Bonchev–Trinajstić information content (AvgIpc) is 2.51. The van der Waals surface area contributed by atoms with Crippen LogP contribution in [0.1, 0.15) is 5.56 Å². The van der Waals surface area contributed by atoms with Gasteiger partial charge in [0.05, 0.1) is 23.1 Å². The third-order valence-corrected chi connectivity index (χ3v) is 4.84. The summed E-state index contributed by atoms with van der Waals surface area (Å²) in [6.07, 6.45) is 1.76. The topological polar surface area (TPSA) is 60.4 Å². The van der Waals surface area contributed by atoms with Crippen LogP contribution >= 0.6 is 27.7 Å². The summed E-state index contributed by atoms with van der Waals surface area (Å²) >= 11 is 4.73. The summed E-state index contributed by atoms with van der Waals surface area (Å²) < 4.78 is 0.909. The maximum atomic E-state index is 12.6. The molecule has 0 atom stereocenters. The minimum Gasteiger partial charge on any atom is -0.548 e. The van der Waals surface area contributed by atoms with Crippen LogP contribution in [0.15, 0.2) is 62.8 Å². The van der Waals surface area contributed by atoms with Crippen molar-refractivity contribution in [1.82, 2.24) is 0 Å². The van der Waals surface area contributed by atoms with Crippen LogP contribution in [0, 0.1) is 0 Å². The second kappa shape index (κ2) is 6.60. The minimum atomic E-state index is -1.29. The number of carboxylic acid groups (broad SMARTS) is 1. The van der Waals surface area contributed by atoms with Gasteiger partial charge in [-0.25, -0.2) is 0 Å². The highest BCUT2D eigenvalue weighted by atomic mass is 79.9. The number of fused-ring (bicyclic) bond motifs is 1. The molecule has 116 valence electrons. The molecule has 1 aliphatic heterocycles. The SMILES string of the molecule is O=C([O-])CN1C(=O)C(=Cc2cccc(Br)c2)Sc2ccccc21. The molecule has 0 radical (unpaired) electrons. The Labute approximate surface area is 145 Å². The maximum Gasteiger partial charge on any atom is 0.265 e. The first kappa shape index (κ1) is 15.8. The molecule has 4 nitrogen and oxygen atoms in total. The Morgan fingerprint density at radius 3 is 2.74 bits per heavy atom. The summed E-state index contributed by atoms with van der Waals surface area (Å²) in [5.74, 6) is -1.63. The van der Waals surface area contributed by atoms with Gasteiger partial charge in [0.1, 0.15) is 0 Å². The number of carboxylic acids is 1. The van der Waals surface area contributed by atoms with E-state index in [0.717, 1.165) is 14.9 Å². The smallest absolute Gasteiger partial charge is 0.265 e. The van der Waals surface area contributed by atoms with Crippen molar-refractivity contribution in [2.45, 2.75) is 4.90 Å². The van der Waals surface area contributed by atoms with Gasteiger partial charge in [-0.2, -0.15) is 0 Å². The molecule has 0 bridgehead atoms. The number of hydrogen-bond donors (Lipinski definition) is 0.